The molecule has 0 rings (SSSR count). The van der Waals surface area contributed by atoms with Crippen LogP contribution in [0.1, 0.15) is 0 Å². The van der Waals surface area contributed by atoms with Crippen molar-refractivity contribution in [1.82, 2.24) is 0 Å². The van der Waals surface area contributed by atoms with E-state index < -0.39 is 15.6 Å². The Morgan fingerprint density at radius 2 is 1.55 bits per heavy atom. The zero-order valence-electron chi connectivity index (χ0n) is 4.28. The Balaban J connectivity index is 0. The van der Waals surface area contributed by atoms with Crippen LogP contribution in [-0.4, -0.2) is 33.5 Å². The van der Waals surface area contributed by atoms with E-state index in [9.17, 15) is 9.13 Å². The number of phosphoric acid groups is 2. The second-order valence-electron chi connectivity index (χ2n) is 1.12. The maximum atomic E-state index is 10.2. The van der Waals surface area contributed by atoms with Gasteiger partial charge in [-0.15, -0.1) is 0 Å². The molecule has 1 atom stereocenters. The van der Waals surface area contributed by atoms with Crippen molar-refractivity contribution in [3.8, 4) is 0 Å². The van der Waals surface area contributed by atoms with Crippen molar-refractivity contribution in [2.75, 3.05) is 0 Å². The molecule has 11 heteroatoms. The molecule has 0 spiro atoms. The number of rotatable bonds is 3. The third-order valence-corrected chi connectivity index (χ3v) is 3.56. The first-order chi connectivity index (χ1) is 4.27. The van der Waals surface area contributed by atoms with Crippen LogP contribution in [0.25, 0.3) is 0 Å². The van der Waals surface area contributed by atoms with Crippen molar-refractivity contribution in [1.29, 1.82) is 0 Å². The van der Waals surface area contributed by atoms with Crippen LogP contribution in [0, 0.1) is 0 Å². The fraction of sp³-hybridized carbons (Fsp3) is 0. The molecule has 0 aromatic heterocycles. The van der Waals surface area contributed by atoms with E-state index in [0.717, 1.165) is 20.2 Å². The molecule has 0 amide bonds. The summed E-state index contributed by atoms with van der Waals surface area (Å²) < 4.78 is 27.1. The Hall–Kier alpha value is 1.55. The Bertz CT molecular complexity index is 195. The van der Waals surface area contributed by atoms with E-state index in [1.807, 2.05) is 0 Å². The van der Waals surface area contributed by atoms with E-state index >= 15 is 0 Å². The topological polar surface area (TPSA) is 113 Å². The summed E-state index contributed by atoms with van der Waals surface area (Å²) in [6.07, 6.45) is 0. The fourth-order valence-electron chi connectivity index (χ4n) is 0.148. The zero-order chi connectivity index (χ0) is 8.41. The van der Waals surface area contributed by atoms with Crippen molar-refractivity contribution >= 4 is 34.5 Å². The molecule has 0 saturated heterocycles. The Morgan fingerprint density at radius 1 is 1.18 bits per heavy atom. The van der Waals surface area contributed by atoms with Gasteiger partial charge in [0.25, 0.3) is 0 Å². The molecule has 0 aliphatic rings. The second-order valence-corrected chi connectivity index (χ2v) is 4.94. The third-order valence-electron chi connectivity index (χ3n) is 0.304. The van der Waals surface area contributed by atoms with E-state index in [2.05, 4.69) is 7.49 Å². The molecular formula is H4LiMoO7P2. The van der Waals surface area contributed by atoms with Gasteiger partial charge in [-0.05, 0) is 0 Å². The van der Waals surface area contributed by atoms with E-state index in [1.54, 1.807) is 0 Å². The predicted molar refractivity (Wildman–Crippen MR) is 31.2 cm³/mol. The average Bonchev–Trinajstić information content (AvgIpc) is 1.60. The molecule has 0 aromatic carbocycles. The second kappa shape index (κ2) is 5.31. The van der Waals surface area contributed by atoms with E-state index in [0.29, 0.717) is 0 Å². The van der Waals surface area contributed by atoms with Gasteiger partial charge in [-0.25, -0.2) is 0 Å². The SMILES string of the molecule is O=P(O)(O)OP(=O)(O)[O][Mo].[LiH]. The first-order valence-electron chi connectivity index (χ1n) is 1.68. The first kappa shape index (κ1) is 15.0. The van der Waals surface area contributed by atoms with Crippen LogP contribution in [-0.2, 0) is 36.8 Å². The van der Waals surface area contributed by atoms with Crippen molar-refractivity contribution < 1.29 is 51.5 Å². The van der Waals surface area contributed by atoms with Crippen molar-refractivity contribution in [2.24, 2.45) is 0 Å². The molecule has 0 aliphatic heterocycles. The van der Waals surface area contributed by atoms with Gasteiger partial charge in [0, 0.05) is 0 Å². The van der Waals surface area contributed by atoms with Gasteiger partial charge in [-0.2, -0.15) is 0 Å². The van der Waals surface area contributed by atoms with Crippen LogP contribution >= 0.6 is 15.6 Å². The van der Waals surface area contributed by atoms with Gasteiger partial charge in [0.05, 0.1) is 0 Å². The van der Waals surface area contributed by atoms with Crippen LogP contribution in [0.15, 0.2) is 0 Å². The van der Waals surface area contributed by atoms with Gasteiger partial charge < -0.3 is 0 Å². The molecule has 1 unspecified atom stereocenters. The van der Waals surface area contributed by atoms with Gasteiger partial charge >= 0.3 is 86.0 Å². The van der Waals surface area contributed by atoms with E-state index in [-0.39, 0.29) is 18.9 Å². The summed E-state index contributed by atoms with van der Waals surface area (Å²) in [5, 5.41) is 0. The summed E-state index contributed by atoms with van der Waals surface area (Å²) in [4.78, 5) is 24.2. The molecule has 3 N–H and O–H groups in total. The summed E-state index contributed by atoms with van der Waals surface area (Å²) in [6.45, 7) is 0. The molecule has 0 aromatic rings. The molecule has 0 aliphatic carbocycles. The minimum absolute atomic E-state index is 0. The number of hydrogen-bond donors (Lipinski definition) is 3. The first-order valence-corrected chi connectivity index (χ1v) is 5.52. The van der Waals surface area contributed by atoms with Crippen LogP contribution < -0.4 is 0 Å². The van der Waals surface area contributed by atoms with Gasteiger partial charge in [-0.3, -0.25) is 0 Å². The van der Waals surface area contributed by atoms with Crippen molar-refractivity contribution in [2.45, 2.75) is 0 Å². The van der Waals surface area contributed by atoms with Crippen LogP contribution in [0.4, 0.5) is 0 Å². The number of hydrogen-bond acceptors (Lipinski definition) is 4. The molecule has 0 radical (unpaired) electrons. The van der Waals surface area contributed by atoms with Crippen molar-refractivity contribution in [3.63, 3.8) is 0 Å². The van der Waals surface area contributed by atoms with Crippen LogP contribution in [0.2, 0.25) is 0 Å². The molecule has 0 bridgehead atoms. The van der Waals surface area contributed by atoms with Crippen LogP contribution in [0.3, 0.4) is 0 Å². The monoisotopic (exact) mass is 283 g/mol. The van der Waals surface area contributed by atoms with E-state index in [1.165, 1.54) is 0 Å². The zero-order valence-corrected chi connectivity index (χ0v) is 8.07. The molecule has 0 saturated carbocycles. The third kappa shape index (κ3) is 9.46. The molecular weight excluding hydrogens is 277 g/mol. The Morgan fingerprint density at radius 3 is 1.64 bits per heavy atom. The Labute approximate surface area is 85.9 Å². The van der Waals surface area contributed by atoms with Gasteiger partial charge in [0.15, 0.2) is 0 Å². The molecule has 7 nitrogen and oxygen atoms in total. The summed E-state index contributed by atoms with van der Waals surface area (Å²) >= 11 is 0.721. The minimum atomic E-state index is -4.94. The summed E-state index contributed by atoms with van der Waals surface area (Å²) in [5.74, 6) is 0. The Kier molecular flexibility index (Phi) is 7.26. The average molecular weight is 281 g/mol. The van der Waals surface area contributed by atoms with Crippen LogP contribution in [0.5, 0.6) is 0 Å². The van der Waals surface area contributed by atoms with Gasteiger partial charge in [0.1, 0.15) is 0 Å². The molecule has 0 heterocycles. The summed E-state index contributed by atoms with van der Waals surface area (Å²) in [7, 11) is -9.49. The maximum absolute atomic E-state index is 10.2. The molecule has 63 valence electrons. The van der Waals surface area contributed by atoms with E-state index in [4.69, 9.17) is 14.7 Å². The predicted octanol–water partition coefficient (Wildman–Crippen LogP) is -0.974. The normalized spacial score (nSPS) is 16.6. The summed E-state index contributed by atoms with van der Waals surface area (Å²) in [5.41, 5.74) is 0. The molecule has 11 heavy (non-hydrogen) atoms. The van der Waals surface area contributed by atoms with Gasteiger partial charge in [-0.1, -0.05) is 0 Å². The molecule has 0 fully saturated rings. The fourth-order valence-corrected chi connectivity index (χ4v) is 1.93. The standard InChI is InChI=1S/Li.Mo.H4O7P2.H/c;;1-8(2,3)7-9(4,5)6;/h;;(H2,1,2,3)(H2,4,5,6);/q;+1;;/p-1. The van der Waals surface area contributed by atoms with Crippen molar-refractivity contribution in [3.05, 3.63) is 0 Å². The quantitative estimate of drug-likeness (QED) is 0.450. The summed E-state index contributed by atoms with van der Waals surface area (Å²) in [6, 6.07) is 0. The van der Waals surface area contributed by atoms with Gasteiger partial charge in [0.2, 0.25) is 0 Å².